The molecule has 4 aliphatic heterocycles. The first kappa shape index (κ1) is 34.7. The molecule has 2 aromatic rings. The second-order valence-corrected chi connectivity index (χ2v) is 13.8. The van der Waals surface area contributed by atoms with Gasteiger partial charge in [0.25, 0.3) is 0 Å². The molecule has 0 saturated carbocycles. The van der Waals surface area contributed by atoms with Crippen LogP contribution in [0.3, 0.4) is 0 Å². The van der Waals surface area contributed by atoms with E-state index in [2.05, 4.69) is 53.8 Å². The predicted octanol–water partition coefficient (Wildman–Crippen LogP) is 8.16. The topological polar surface area (TPSA) is 60.0 Å². The Bertz CT molecular complexity index is 1110. The normalized spacial score (nSPS) is 21.1. The highest BCUT2D eigenvalue weighted by atomic mass is 35.5. The summed E-state index contributed by atoms with van der Waals surface area (Å²) in [4.78, 5) is 14.1. The quantitative estimate of drug-likeness (QED) is 0.371. The molecule has 4 fully saturated rings. The van der Waals surface area contributed by atoms with Crippen LogP contribution in [0.4, 0.5) is 4.79 Å². The third kappa shape index (κ3) is 9.69. The van der Waals surface area contributed by atoms with E-state index < -0.39 is 5.60 Å². The average Bonchev–Trinajstić information content (AvgIpc) is 3.06. The average molecular weight is 627 g/mol. The smallest absolute Gasteiger partial charge is 0.410 e. The molecule has 1 N–H and O–H groups in total. The number of likely N-dealkylation sites (tertiary alicyclic amines) is 1. The first-order valence-corrected chi connectivity index (χ1v) is 16.9. The van der Waals surface area contributed by atoms with Crippen molar-refractivity contribution in [3.8, 4) is 0 Å². The highest BCUT2D eigenvalue weighted by Gasteiger charge is 2.30. The van der Waals surface area contributed by atoms with Gasteiger partial charge in [-0.2, -0.15) is 0 Å². The van der Waals surface area contributed by atoms with Crippen molar-refractivity contribution < 1.29 is 19.0 Å². The molecular formula is C37H55ClN2O4. The molecule has 4 saturated heterocycles. The van der Waals surface area contributed by atoms with Crippen molar-refractivity contribution in [1.82, 2.24) is 10.2 Å². The molecular weight excluding hydrogens is 572 g/mol. The zero-order valence-corrected chi connectivity index (χ0v) is 28.0. The van der Waals surface area contributed by atoms with Gasteiger partial charge in [-0.3, -0.25) is 0 Å². The van der Waals surface area contributed by atoms with Gasteiger partial charge in [0.1, 0.15) is 5.60 Å². The molecule has 0 bridgehead atoms. The van der Waals surface area contributed by atoms with Crippen LogP contribution in [-0.4, -0.2) is 69.2 Å². The minimum Gasteiger partial charge on any atom is -0.444 e. The zero-order chi connectivity index (χ0) is 30.1. The summed E-state index contributed by atoms with van der Waals surface area (Å²) >= 11 is 0. The molecule has 6 rings (SSSR count). The van der Waals surface area contributed by atoms with Crippen molar-refractivity contribution in [3.63, 3.8) is 0 Å². The molecule has 4 aliphatic rings. The number of carbonyl (C=O) groups is 1. The molecule has 0 radical (unpaired) electrons. The number of amides is 1. The maximum absolute atomic E-state index is 12.3. The van der Waals surface area contributed by atoms with Crippen LogP contribution in [0, 0.1) is 0 Å². The van der Waals surface area contributed by atoms with Crippen molar-refractivity contribution in [2.24, 2.45) is 0 Å². The van der Waals surface area contributed by atoms with Gasteiger partial charge in [0.05, 0.1) is 0 Å². The van der Waals surface area contributed by atoms with E-state index >= 15 is 0 Å². The number of nitrogens with one attached hydrogen (secondary N) is 1. The first-order chi connectivity index (χ1) is 20.9. The summed E-state index contributed by atoms with van der Waals surface area (Å²) in [5.74, 6) is 2.65. The largest absolute Gasteiger partial charge is 0.444 e. The van der Waals surface area contributed by atoms with Crippen molar-refractivity contribution >= 4 is 18.5 Å². The Morgan fingerprint density at radius 3 is 1.41 bits per heavy atom. The van der Waals surface area contributed by atoms with E-state index in [4.69, 9.17) is 14.2 Å². The van der Waals surface area contributed by atoms with E-state index in [1.807, 2.05) is 25.7 Å². The lowest BCUT2D eigenvalue weighted by atomic mass is 9.80. The molecule has 0 unspecified atom stereocenters. The Kier molecular flexibility index (Phi) is 13.4. The number of hydrogen-bond donors (Lipinski definition) is 1. The SMILES string of the molecule is CC(C)(C)OC(=O)N1CCC(c2ccccc2C2CCOCC2)CC1.Cl.c1ccc(C2CCOCC2)c(C2CCNCC2)c1. The lowest BCUT2D eigenvalue weighted by Crippen LogP contribution is -2.41. The molecule has 0 spiro atoms. The summed E-state index contributed by atoms with van der Waals surface area (Å²) in [7, 11) is 0. The second kappa shape index (κ2) is 17.0. The van der Waals surface area contributed by atoms with E-state index in [-0.39, 0.29) is 18.5 Å². The van der Waals surface area contributed by atoms with Gasteiger partial charge in [-0.1, -0.05) is 48.5 Å². The number of ether oxygens (including phenoxy) is 3. The third-order valence-corrected chi connectivity index (χ3v) is 9.68. The van der Waals surface area contributed by atoms with Crippen LogP contribution >= 0.6 is 12.4 Å². The molecule has 7 heteroatoms. The van der Waals surface area contributed by atoms with Crippen LogP contribution < -0.4 is 5.32 Å². The highest BCUT2D eigenvalue weighted by Crippen LogP contribution is 2.38. The zero-order valence-electron chi connectivity index (χ0n) is 27.2. The Morgan fingerprint density at radius 1 is 0.659 bits per heavy atom. The van der Waals surface area contributed by atoms with Crippen LogP contribution in [0.25, 0.3) is 0 Å². The van der Waals surface area contributed by atoms with Crippen LogP contribution in [0.5, 0.6) is 0 Å². The molecule has 0 aromatic heterocycles. The standard InChI is InChI=1S/C21H31NO3.C16H23NO.ClH/c1-21(2,3)25-20(23)22-12-8-16(9-13-22)18-6-4-5-7-19(18)17-10-14-24-15-11-17;1-2-4-16(14-7-11-18-12-8-14)15(3-1)13-5-9-17-10-6-13;/h4-7,16-17H,8-15H2,1-3H3;1-4,13-14,17H,5-12H2;1H. The summed E-state index contributed by atoms with van der Waals surface area (Å²) in [6.07, 6.45) is 9.06. The van der Waals surface area contributed by atoms with Gasteiger partial charge in [0.2, 0.25) is 0 Å². The summed E-state index contributed by atoms with van der Waals surface area (Å²) in [6.45, 7) is 13.3. The van der Waals surface area contributed by atoms with Crippen LogP contribution in [0.1, 0.15) is 118 Å². The van der Waals surface area contributed by atoms with Gasteiger partial charge < -0.3 is 24.4 Å². The molecule has 4 heterocycles. The van der Waals surface area contributed by atoms with Crippen molar-refractivity contribution in [2.45, 2.75) is 101 Å². The number of carbonyl (C=O) groups excluding carboxylic acids is 1. The number of piperidine rings is 2. The van der Waals surface area contributed by atoms with Gasteiger partial charge in [0, 0.05) is 39.5 Å². The molecule has 1 amide bonds. The Hall–Kier alpha value is -2.12. The number of benzene rings is 2. The lowest BCUT2D eigenvalue weighted by Gasteiger charge is -2.35. The molecule has 6 nitrogen and oxygen atoms in total. The van der Waals surface area contributed by atoms with Crippen LogP contribution in [0.2, 0.25) is 0 Å². The second-order valence-electron chi connectivity index (χ2n) is 13.8. The highest BCUT2D eigenvalue weighted by molar-refractivity contribution is 5.85. The Labute approximate surface area is 272 Å². The molecule has 0 aliphatic carbocycles. The minimum atomic E-state index is -0.427. The number of hydrogen-bond acceptors (Lipinski definition) is 5. The molecule has 0 atom stereocenters. The summed E-state index contributed by atoms with van der Waals surface area (Å²) in [6, 6.07) is 18.0. The molecule has 2 aromatic carbocycles. The maximum atomic E-state index is 12.3. The first-order valence-electron chi connectivity index (χ1n) is 16.9. The van der Waals surface area contributed by atoms with E-state index in [1.165, 1.54) is 49.9 Å². The van der Waals surface area contributed by atoms with E-state index in [0.717, 1.165) is 77.0 Å². The number of halogens is 1. The Balaban J connectivity index is 0.000000206. The van der Waals surface area contributed by atoms with E-state index in [0.29, 0.717) is 11.8 Å². The van der Waals surface area contributed by atoms with Crippen LogP contribution in [0.15, 0.2) is 48.5 Å². The third-order valence-electron chi connectivity index (χ3n) is 9.68. The van der Waals surface area contributed by atoms with Crippen molar-refractivity contribution in [1.29, 1.82) is 0 Å². The van der Waals surface area contributed by atoms with Crippen molar-refractivity contribution in [3.05, 3.63) is 70.8 Å². The van der Waals surface area contributed by atoms with E-state index in [1.54, 1.807) is 11.1 Å². The summed E-state index contributed by atoms with van der Waals surface area (Å²) < 4.78 is 16.5. The molecule has 44 heavy (non-hydrogen) atoms. The van der Waals surface area contributed by atoms with Gasteiger partial charge >= 0.3 is 6.09 Å². The van der Waals surface area contributed by atoms with Gasteiger partial charge in [0.15, 0.2) is 0 Å². The summed E-state index contributed by atoms with van der Waals surface area (Å²) in [5.41, 5.74) is 5.78. The number of nitrogens with zero attached hydrogens (tertiary/aromatic N) is 1. The Morgan fingerprint density at radius 2 is 1.02 bits per heavy atom. The lowest BCUT2D eigenvalue weighted by molar-refractivity contribution is 0.0204. The maximum Gasteiger partial charge on any atom is 0.410 e. The van der Waals surface area contributed by atoms with E-state index in [9.17, 15) is 4.79 Å². The van der Waals surface area contributed by atoms with Gasteiger partial charge in [-0.15, -0.1) is 12.4 Å². The fourth-order valence-corrected chi connectivity index (χ4v) is 7.36. The van der Waals surface area contributed by atoms with Crippen LogP contribution in [-0.2, 0) is 14.2 Å². The monoisotopic (exact) mass is 626 g/mol. The number of rotatable bonds is 4. The predicted molar refractivity (Wildman–Crippen MR) is 180 cm³/mol. The molecule has 244 valence electrons. The fourth-order valence-electron chi connectivity index (χ4n) is 7.36. The summed E-state index contributed by atoms with van der Waals surface area (Å²) in [5, 5.41) is 3.46. The van der Waals surface area contributed by atoms with Gasteiger partial charge in [-0.05, 0) is 131 Å². The van der Waals surface area contributed by atoms with Gasteiger partial charge in [-0.25, -0.2) is 4.79 Å². The minimum absolute atomic E-state index is 0. The fraction of sp³-hybridized carbons (Fsp3) is 0.649. The van der Waals surface area contributed by atoms with Crippen molar-refractivity contribution in [2.75, 3.05) is 52.6 Å².